The third kappa shape index (κ3) is 3.93. The Morgan fingerprint density at radius 2 is 2.04 bits per heavy atom. The van der Waals surface area contributed by atoms with E-state index in [2.05, 4.69) is 10.3 Å². The van der Waals surface area contributed by atoms with Gasteiger partial charge in [0, 0.05) is 11.8 Å². The molecule has 0 bridgehead atoms. The van der Waals surface area contributed by atoms with Gasteiger partial charge in [-0.1, -0.05) is 18.2 Å². The molecule has 8 nitrogen and oxygen atoms in total. The first-order valence-corrected chi connectivity index (χ1v) is 8.59. The van der Waals surface area contributed by atoms with Gasteiger partial charge in [0.25, 0.3) is 11.6 Å². The van der Waals surface area contributed by atoms with E-state index in [9.17, 15) is 20.0 Å². The third-order valence-corrected chi connectivity index (χ3v) is 4.67. The van der Waals surface area contributed by atoms with Gasteiger partial charge in [0.15, 0.2) is 5.17 Å². The highest BCUT2D eigenvalue weighted by molar-refractivity contribution is 8.18. The van der Waals surface area contributed by atoms with Crippen molar-refractivity contribution < 1.29 is 19.6 Å². The first kappa shape index (κ1) is 18.5. The Kier molecular flexibility index (Phi) is 5.13. The lowest BCUT2D eigenvalue weighted by Crippen LogP contribution is -2.19. The van der Waals surface area contributed by atoms with E-state index < -0.39 is 16.4 Å². The number of hydrogen-bond donors (Lipinski definition) is 1. The third-order valence-electron chi connectivity index (χ3n) is 3.76. The standard InChI is InChI=1S/C18H15N3O5S/c1-10-5-3-4-6-12(10)19-18-20-17(23)15(27-18)9-11-7-13(21(24)25)16(22)14(8-11)26-2/h3-9,22H,1-2H3,(H,19,20,23)/p-1/b15-9-. The van der Waals surface area contributed by atoms with Crippen molar-refractivity contribution in [2.75, 3.05) is 7.11 Å². The van der Waals surface area contributed by atoms with E-state index in [4.69, 9.17) is 4.74 Å². The normalized spacial score (nSPS) is 16.6. The fourth-order valence-electron chi connectivity index (χ4n) is 2.41. The largest absolute Gasteiger partial charge is 0.865 e. The molecule has 27 heavy (non-hydrogen) atoms. The minimum absolute atomic E-state index is 0.159. The Bertz CT molecular complexity index is 1000. The zero-order chi connectivity index (χ0) is 19.6. The second kappa shape index (κ2) is 7.50. The number of nitro groups is 1. The molecule has 0 aliphatic carbocycles. The van der Waals surface area contributed by atoms with Gasteiger partial charge in [0.1, 0.15) is 5.75 Å². The van der Waals surface area contributed by atoms with E-state index in [0.29, 0.717) is 15.6 Å². The van der Waals surface area contributed by atoms with Crippen molar-refractivity contribution in [1.29, 1.82) is 0 Å². The molecule has 1 aliphatic rings. The molecule has 1 saturated heterocycles. The van der Waals surface area contributed by atoms with Gasteiger partial charge in [-0.3, -0.25) is 14.9 Å². The molecule has 1 N–H and O–H groups in total. The van der Waals surface area contributed by atoms with Crippen molar-refractivity contribution in [2.45, 2.75) is 6.92 Å². The van der Waals surface area contributed by atoms with E-state index in [1.807, 2.05) is 31.2 Å². The van der Waals surface area contributed by atoms with Crippen LogP contribution in [0.15, 0.2) is 46.3 Å². The maximum atomic E-state index is 12.2. The number of carbonyl (C=O) groups is 1. The molecular weight excluding hydrogens is 370 g/mol. The van der Waals surface area contributed by atoms with Gasteiger partial charge >= 0.3 is 0 Å². The maximum Gasteiger partial charge on any atom is 0.266 e. The molecule has 138 valence electrons. The van der Waals surface area contributed by atoms with E-state index in [1.54, 1.807) is 0 Å². The molecule has 0 unspecified atom stereocenters. The van der Waals surface area contributed by atoms with E-state index in [0.717, 1.165) is 29.1 Å². The van der Waals surface area contributed by atoms with Crippen LogP contribution in [0.3, 0.4) is 0 Å². The molecule has 1 heterocycles. The fourth-order valence-corrected chi connectivity index (χ4v) is 3.24. The zero-order valence-corrected chi connectivity index (χ0v) is 15.2. The SMILES string of the molecule is COc1cc(/C=C2\SC(=Nc3ccccc3C)NC2=O)cc([N+](=O)[O-])c1[O-]. The first-order valence-electron chi connectivity index (χ1n) is 7.77. The smallest absolute Gasteiger partial charge is 0.266 e. The van der Waals surface area contributed by atoms with Crippen LogP contribution in [0.25, 0.3) is 6.08 Å². The predicted octanol–water partition coefficient (Wildman–Crippen LogP) is 2.88. The summed E-state index contributed by atoms with van der Waals surface area (Å²) in [5.74, 6) is -1.34. The van der Waals surface area contributed by atoms with Gasteiger partial charge in [-0.25, -0.2) is 4.99 Å². The molecular formula is C18H14N3O5S-. The molecule has 0 aromatic heterocycles. The molecule has 0 spiro atoms. The number of thioether (sulfide) groups is 1. The number of nitro benzene ring substituents is 1. The van der Waals surface area contributed by atoms with Crippen molar-refractivity contribution in [2.24, 2.45) is 4.99 Å². The Morgan fingerprint density at radius 1 is 1.30 bits per heavy atom. The molecule has 0 radical (unpaired) electrons. The molecule has 1 fully saturated rings. The van der Waals surface area contributed by atoms with E-state index in [1.165, 1.54) is 19.3 Å². The Balaban J connectivity index is 1.94. The van der Waals surface area contributed by atoms with Gasteiger partial charge in [-0.05, 0) is 48.0 Å². The molecule has 3 rings (SSSR count). The number of rotatable bonds is 4. The van der Waals surface area contributed by atoms with Crippen LogP contribution in [0, 0.1) is 17.0 Å². The lowest BCUT2D eigenvalue weighted by molar-refractivity contribution is -0.398. The molecule has 1 amide bonds. The highest BCUT2D eigenvalue weighted by Crippen LogP contribution is 2.36. The number of para-hydroxylation sites is 1. The van der Waals surface area contributed by atoms with Crippen LogP contribution in [0.2, 0.25) is 0 Å². The van der Waals surface area contributed by atoms with E-state index in [-0.39, 0.29) is 11.7 Å². The minimum atomic E-state index is -0.810. The fraction of sp³-hybridized carbons (Fsp3) is 0.111. The van der Waals surface area contributed by atoms with E-state index >= 15 is 0 Å². The molecule has 9 heteroatoms. The van der Waals surface area contributed by atoms with Crippen molar-refractivity contribution in [1.82, 2.24) is 5.32 Å². The van der Waals surface area contributed by atoms with Crippen LogP contribution in [0.1, 0.15) is 11.1 Å². The average Bonchev–Trinajstić information content (AvgIpc) is 2.97. The number of benzene rings is 2. The van der Waals surface area contributed by atoms with Crippen LogP contribution < -0.4 is 15.2 Å². The lowest BCUT2D eigenvalue weighted by Gasteiger charge is -2.13. The number of nitrogens with zero attached hydrogens (tertiary/aromatic N) is 2. The number of methoxy groups -OCH3 is 1. The highest BCUT2D eigenvalue weighted by Gasteiger charge is 2.24. The number of aryl methyl sites for hydroxylation is 1. The summed E-state index contributed by atoms with van der Waals surface area (Å²) in [6, 6.07) is 9.95. The summed E-state index contributed by atoms with van der Waals surface area (Å²) in [6.45, 7) is 1.91. The Morgan fingerprint density at radius 3 is 2.70 bits per heavy atom. The van der Waals surface area contributed by atoms with Crippen molar-refractivity contribution in [3.8, 4) is 11.5 Å². The lowest BCUT2D eigenvalue weighted by atomic mass is 10.1. The number of ether oxygens (including phenoxy) is 1. The van der Waals surface area contributed by atoms with Crippen molar-refractivity contribution in [3.63, 3.8) is 0 Å². The zero-order valence-electron chi connectivity index (χ0n) is 14.4. The summed E-state index contributed by atoms with van der Waals surface area (Å²) < 4.78 is 4.90. The average molecular weight is 384 g/mol. The Labute approximate surface area is 158 Å². The van der Waals surface area contributed by atoms with Crippen molar-refractivity contribution >= 4 is 40.3 Å². The van der Waals surface area contributed by atoms with Gasteiger partial charge in [-0.15, -0.1) is 0 Å². The van der Waals surface area contributed by atoms with Crippen LogP contribution in [-0.2, 0) is 4.79 Å². The van der Waals surface area contributed by atoms with Crippen LogP contribution in [-0.4, -0.2) is 23.1 Å². The summed E-state index contributed by atoms with van der Waals surface area (Å²) in [5, 5.41) is 26.0. The van der Waals surface area contributed by atoms with Gasteiger partial charge < -0.3 is 15.2 Å². The van der Waals surface area contributed by atoms with Gasteiger partial charge in [0.2, 0.25) is 0 Å². The highest BCUT2D eigenvalue weighted by atomic mass is 32.2. The minimum Gasteiger partial charge on any atom is -0.865 e. The number of hydrogen-bond acceptors (Lipinski definition) is 7. The molecule has 1 aliphatic heterocycles. The predicted molar refractivity (Wildman–Crippen MR) is 101 cm³/mol. The second-order valence-electron chi connectivity index (χ2n) is 5.60. The maximum absolute atomic E-state index is 12.2. The number of amidine groups is 1. The summed E-state index contributed by atoms with van der Waals surface area (Å²) >= 11 is 1.11. The Hall–Kier alpha value is -3.33. The van der Waals surface area contributed by atoms with Crippen LogP contribution in [0.4, 0.5) is 11.4 Å². The van der Waals surface area contributed by atoms with Crippen LogP contribution in [0.5, 0.6) is 11.5 Å². The second-order valence-corrected chi connectivity index (χ2v) is 6.63. The number of amides is 1. The topological polar surface area (TPSA) is 117 Å². The van der Waals surface area contributed by atoms with Crippen LogP contribution >= 0.6 is 11.8 Å². The summed E-state index contributed by atoms with van der Waals surface area (Å²) in [4.78, 5) is 27.2. The molecule has 0 saturated carbocycles. The molecule has 0 atom stereocenters. The summed E-state index contributed by atoms with van der Waals surface area (Å²) in [5.41, 5.74) is 1.39. The quantitative estimate of drug-likeness (QED) is 0.492. The number of aliphatic imine (C=N–C) groups is 1. The van der Waals surface area contributed by atoms with Gasteiger partial charge in [0.05, 0.1) is 22.6 Å². The molecule has 2 aromatic rings. The van der Waals surface area contributed by atoms with Gasteiger partial charge in [-0.2, -0.15) is 0 Å². The number of nitrogens with one attached hydrogen (secondary N) is 1. The monoisotopic (exact) mass is 384 g/mol. The first-order chi connectivity index (χ1) is 12.9. The summed E-state index contributed by atoms with van der Waals surface area (Å²) in [7, 11) is 1.25. The summed E-state index contributed by atoms with van der Waals surface area (Å²) in [6.07, 6.45) is 1.45. The number of carbonyl (C=O) groups excluding carboxylic acids is 1. The van der Waals surface area contributed by atoms with Crippen molar-refractivity contribution in [3.05, 3.63) is 62.5 Å². The molecule has 2 aromatic carbocycles.